The van der Waals surface area contributed by atoms with E-state index < -0.39 is 0 Å². The number of ether oxygens (including phenoxy) is 1. The van der Waals surface area contributed by atoms with Gasteiger partial charge in [-0.1, -0.05) is 0 Å². The highest BCUT2D eigenvalue weighted by atomic mass is 32.1. The van der Waals surface area contributed by atoms with Crippen molar-refractivity contribution in [2.75, 3.05) is 26.3 Å². The van der Waals surface area contributed by atoms with E-state index in [2.05, 4.69) is 4.98 Å². The average Bonchev–Trinajstić information content (AvgIpc) is 3.08. The maximum absolute atomic E-state index is 12.5. The molecule has 2 heterocycles. The van der Waals surface area contributed by atoms with Crippen molar-refractivity contribution in [1.82, 2.24) is 9.88 Å². The fourth-order valence-corrected chi connectivity index (χ4v) is 2.90. The summed E-state index contributed by atoms with van der Waals surface area (Å²) in [5, 5.41) is 0. The SMILES string of the molecule is CCOCC1CCN(C(=O)c2ccc3[nH]c(=S)oc3c2)C1. The molecule has 0 aliphatic carbocycles. The van der Waals surface area contributed by atoms with Gasteiger partial charge in [-0.3, -0.25) is 4.79 Å². The van der Waals surface area contributed by atoms with Crippen molar-refractivity contribution in [2.45, 2.75) is 13.3 Å². The predicted octanol–water partition coefficient (Wildman–Crippen LogP) is 2.99. The van der Waals surface area contributed by atoms with E-state index in [0.717, 1.165) is 38.2 Å². The highest BCUT2D eigenvalue weighted by Crippen LogP contribution is 2.21. The lowest BCUT2D eigenvalue weighted by atomic mass is 10.1. The number of oxazole rings is 1. The van der Waals surface area contributed by atoms with Crippen LogP contribution in [0.3, 0.4) is 0 Å². The number of amides is 1. The van der Waals surface area contributed by atoms with Gasteiger partial charge in [0.1, 0.15) is 0 Å². The van der Waals surface area contributed by atoms with Crippen LogP contribution in [0.4, 0.5) is 0 Å². The molecule has 0 spiro atoms. The van der Waals surface area contributed by atoms with Crippen LogP contribution in [0.5, 0.6) is 0 Å². The van der Waals surface area contributed by atoms with Gasteiger partial charge in [-0.05, 0) is 43.8 Å². The number of rotatable bonds is 4. The van der Waals surface area contributed by atoms with Crippen LogP contribution in [0, 0.1) is 10.8 Å². The molecule has 1 aliphatic heterocycles. The van der Waals surface area contributed by atoms with Crippen LogP contribution >= 0.6 is 12.2 Å². The Hall–Kier alpha value is -1.66. The summed E-state index contributed by atoms with van der Waals surface area (Å²) >= 11 is 4.95. The van der Waals surface area contributed by atoms with Gasteiger partial charge in [0.2, 0.25) is 0 Å². The number of fused-ring (bicyclic) bond motifs is 1. The van der Waals surface area contributed by atoms with Gasteiger partial charge in [0.05, 0.1) is 12.1 Å². The lowest BCUT2D eigenvalue weighted by molar-refractivity contribution is 0.0763. The van der Waals surface area contributed by atoms with Crippen LogP contribution in [-0.2, 0) is 4.74 Å². The molecular weight excluding hydrogens is 288 g/mol. The van der Waals surface area contributed by atoms with E-state index >= 15 is 0 Å². The first-order chi connectivity index (χ1) is 10.2. The van der Waals surface area contributed by atoms with Gasteiger partial charge in [0.25, 0.3) is 10.7 Å². The van der Waals surface area contributed by atoms with Crippen LogP contribution < -0.4 is 0 Å². The first kappa shape index (κ1) is 14.3. The molecule has 0 saturated carbocycles. The zero-order valence-corrected chi connectivity index (χ0v) is 12.7. The van der Waals surface area contributed by atoms with Crippen LogP contribution in [0.1, 0.15) is 23.7 Å². The number of hydrogen-bond acceptors (Lipinski definition) is 4. The molecule has 1 aliphatic rings. The van der Waals surface area contributed by atoms with Gasteiger partial charge in [0.15, 0.2) is 5.58 Å². The van der Waals surface area contributed by atoms with Crippen molar-refractivity contribution < 1.29 is 13.9 Å². The zero-order valence-electron chi connectivity index (χ0n) is 11.9. The molecule has 1 saturated heterocycles. The van der Waals surface area contributed by atoms with Gasteiger partial charge < -0.3 is 19.0 Å². The Morgan fingerprint density at radius 3 is 3.24 bits per heavy atom. The van der Waals surface area contributed by atoms with E-state index in [-0.39, 0.29) is 5.91 Å². The molecule has 0 bridgehead atoms. The molecule has 21 heavy (non-hydrogen) atoms. The van der Waals surface area contributed by atoms with Gasteiger partial charge >= 0.3 is 0 Å². The summed E-state index contributed by atoms with van der Waals surface area (Å²) in [6, 6.07) is 5.39. The van der Waals surface area contributed by atoms with Gasteiger partial charge in [0, 0.05) is 31.2 Å². The summed E-state index contributed by atoms with van der Waals surface area (Å²) in [5.74, 6) is 0.479. The second-order valence-corrected chi connectivity index (χ2v) is 5.66. The normalized spacial score (nSPS) is 18.5. The third-order valence-electron chi connectivity index (χ3n) is 3.80. The summed E-state index contributed by atoms with van der Waals surface area (Å²) in [5.41, 5.74) is 2.07. The van der Waals surface area contributed by atoms with Crippen molar-refractivity contribution >= 4 is 29.2 Å². The first-order valence-electron chi connectivity index (χ1n) is 7.17. The highest BCUT2D eigenvalue weighted by Gasteiger charge is 2.27. The molecule has 1 unspecified atom stereocenters. The molecule has 1 aromatic heterocycles. The van der Waals surface area contributed by atoms with Crippen molar-refractivity contribution in [1.29, 1.82) is 0 Å². The number of hydrogen-bond donors (Lipinski definition) is 1. The van der Waals surface area contributed by atoms with Crippen molar-refractivity contribution in [3.8, 4) is 0 Å². The molecule has 6 heteroatoms. The molecule has 5 nitrogen and oxygen atoms in total. The van der Waals surface area contributed by atoms with Gasteiger partial charge in [-0.25, -0.2) is 0 Å². The number of likely N-dealkylation sites (tertiary alicyclic amines) is 1. The molecule has 2 aromatic rings. The fraction of sp³-hybridized carbons (Fsp3) is 0.467. The number of aromatic nitrogens is 1. The Morgan fingerprint density at radius 1 is 1.57 bits per heavy atom. The molecule has 1 N–H and O–H groups in total. The van der Waals surface area contributed by atoms with Crippen molar-refractivity contribution in [2.24, 2.45) is 5.92 Å². The first-order valence-corrected chi connectivity index (χ1v) is 7.58. The summed E-state index contributed by atoms with van der Waals surface area (Å²) < 4.78 is 10.8. The maximum Gasteiger partial charge on any atom is 0.266 e. The second kappa shape index (κ2) is 5.99. The van der Waals surface area contributed by atoms with Crippen LogP contribution in [0.2, 0.25) is 0 Å². The average molecular weight is 306 g/mol. The Labute approximate surface area is 127 Å². The van der Waals surface area contributed by atoms with E-state index in [9.17, 15) is 4.79 Å². The lowest BCUT2D eigenvalue weighted by Gasteiger charge is -2.16. The van der Waals surface area contributed by atoms with Crippen LogP contribution in [0.25, 0.3) is 11.1 Å². The minimum absolute atomic E-state index is 0.0400. The summed E-state index contributed by atoms with van der Waals surface area (Å²) in [4.78, 5) is 17.7. The van der Waals surface area contributed by atoms with E-state index in [1.807, 2.05) is 17.9 Å². The highest BCUT2D eigenvalue weighted by molar-refractivity contribution is 7.71. The molecule has 1 amide bonds. The van der Waals surface area contributed by atoms with Crippen LogP contribution in [0.15, 0.2) is 22.6 Å². The largest absolute Gasteiger partial charge is 0.429 e. The third kappa shape index (κ3) is 3.01. The monoisotopic (exact) mass is 306 g/mol. The van der Waals surface area contributed by atoms with E-state index in [4.69, 9.17) is 21.4 Å². The number of carbonyl (C=O) groups is 1. The number of H-pyrrole nitrogens is 1. The molecule has 3 rings (SSSR count). The summed E-state index contributed by atoms with van der Waals surface area (Å²) in [6.45, 7) is 4.98. The third-order valence-corrected chi connectivity index (χ3v) is 3.98. The number of nitrogens with zero attached hydrogens (tertiary/aromatic N) is 1. The number of benzene rings is 1. The van der Waals surface area contributed by atoms with E-state index in [1.165, 1.54) is 0 Å². The number of nitrogens with one attached hydrogen (secondary N) is 1. The lowest BCUT2D eigenvalue weighted by Crippen LogP contribution is -2.29. The van der Waals surface area contributed by atoms with Crippen molar-refractivity contribution in [3.63, 3.8) is 0 Å². The van der Waals surface area contributed by atoms with Gasteiger partial charge in [-0.15, -0.1) is 0 Å². The zero-order chi connectivity index (χ0) is 14.8. The number of aromatic amines is 1. The minimum Gasteiger partial charge on any atom is -0.429 e. The molecule has 1 fully saturated rings. The number of carbonyl (C=O) groups excluding carboxylic acids is 1. The standard InChI is InChI=1S/C15H18N2O3S/c1-2-19-9-10-5-6-17(8-10)14(18)11-3-4-12-13(7-11)20-15(21)16-12/h3-4,7,10H,2,5-6,8-9H2,1H3,(H,16,21). The topological polar surface area (TPSA) is 58.5 Å². The summed E-state index contributed by atoms with van der Waals surface area (Å²) in [6.07, 6.45) is 0.999. The maximum atomic E-state index is 12.5. The minimum atomic E-state index is 0.0400. The Bertz CT molecular complexity index is 706. The second-order valence-electron chi connectivity index (χ2n) is 5.29. The molecule has 1 aromatic carbocycles. The molecular formula is C15H18N2O3S. The van der Waals surface area contributed by atoms with E-state index in [0.29, 0.717) is 21.9 Å². The van der Waals surface area contributed by atoms with Crippen LogP contribution in [-0.4, -0.2) is 42.1 Å². The van der Waals surface area contributed by atoms with E-state index in [1.54, 1.807) is 12.1 Å². The molecule has 1 atom stereocenters. The molecule has 112 valence electrons. The quantitative estimate of drug-likeness (QED) is 0.882. The van der Waals surface area contributed by atoms with Crippen molar-refractivity contribution in [3.05, 3.63) is 28.6 Å². The Kier molecular flexibility index (Phi) is 4.07. The Morgan fingerprint density at radius 2 is 2.43 bits per heavy atom. The summed E-state index contributed by atoms with van der Waals surface area (Å²) in [7, 11) is 0. The fourth-order valence-electron chi connectivity index (χ4n) is 2.70. The van der Waals surface area contributed by atoms with Gasteiger partial charge in [-0.2, -0.15) is 0 Å². The Balaban J connectivity index is 1.73. The predicted molar refractivity (Wildman–Crippen MR) is 81.9 cm³/mol. The molecule has 0 radical (unpaired) electrons. The smallest absolute Gasteiger partial charge is 0.266 e.